The van der Waals surface area contributed by atoms with Crippen molar-refractivity contribution in [2.45, 2.75) is 13.3 Å². The fraction of sp³-hybridized carbons (Fsp3) is 0.364. The smallest absolute Gasteiger partial charge is 0.254 e. The lowest BCUT2D eigenvalue weighted by atomic mass is 10.1. The first-order valence-electron chi connectivity index (χ1n) is 9.78. The minimum Gasteiger partial charge on any atom is -0.497 e. The van der Waals surface area contributed by atoms with Crippen LogP contribution in [-0.2, 0) is 6.42 Å². The van der Waals surface area contributed by atoms with Crippen LogP contribution in [0, 0.1) is 0 Å². The molecule has 0 bridgehead atoms. The van der Waals surface area contributed by atoms with Crippen molar-refractivity contribution >= 4 is 32.6 Å². The van der Waals surface area contributed by atoms with E-state index < -0.39 is 0 Å². The summed E-state index contributed by atoms with van der Waals surface area (Å²) < 4.78 is 11.8. The largest absolute Gasteiger partial charge is 0.497 e. The van der Waals surface area contributed by atoms with Gasteiger partial charge in [-0.1, -0.05) is 24.3 Å². The minimum absolute atomic E-state index is 0.00117. The molecule has 4 rings (SSSR count). The lowest BCUT2D eigenvalue weighted by Crippen LogP contribution is -2.48. The number of thiazole rings is 1. The Morgan fingerprint density at radius 1 is 1.03 bits per heavy atom. The number of rotatable bonds is 5. The van der Waals surface area contributed by atoms with Crippen LogP contribution in [0.5, 0.6) is 11.5 Å². The van der Waals surface area contributed by atoms with Crippen molar-refractivity contribution in [1.29, 1.82) is 0 Å². The highest BCUT2D eigenvalue weighted by Crippen LogP contribution is 2.30. The van der Waals surface area contributed by atoms with Gasteiger partial charge in [0.05, 0.1) is 24.4 Å². The summed E-state index contributed by atoms with van der Waals surface area (Å²) in [7, 11) is 3.17. The Balaban J connectivity index is 1.46. The van der Waals surface area contributed by atoms with E-state index in [9.17, 15) is 4.79 Å². The van der Waals surface area contributed by atoms with Crippen molar-refractivity contribution in [2.24, 2.45) is 0 Å². The molecule has 7 heteroatoms. The maximum absolute atomic E-state index is 13.0. The van der Waals surface area contributed by atoms with Crippen LogP contribution >= 0.6 is 11.3 Å². The molecular formula is C22H25N3O3S. The third-order valence-corrected chi connectivity index (χ3v) is 6.36. The number of nitrogens with zero attached hydrogens (tertiary/aromatic N) is 3. The fourth-order valence-electron chi connectivity index (χ4n) is 3.53. The monoisotopic (exact) mass is 411 g/mol. The SMILES string of the molecule is CCc1ccc2nc(N3CCN(C(=O)c4cc(OC)cc(OC)c4)CC3)sc2c1. The molecule has 0 spiro atoms. The topological polar surface area (TPSA) is 54.9 Å². The Kier molecular flexibility index (Phi) is 5.58. The van der Waals surface area contributed by atoms with E-state index in [4.69, 9.17) is 14.5 Å². The number of piperazine rings is 1. The number of aromatic nitrogens is 1. The first-order chi connectivity index (χ1) is 14.1. The zero-order valence-electron chi connectivity index (χ0n) is 17.0. The number of hydrogen-bond acceptors (Lipinski definition) is 6. The summed E-state index contributed by atoms with van der Waals surface area (Å²) >= 11 is 1.73. The lowest BCUT2D eigenvalue weighted by molar-refractivity contribution is 0.0746. The molecule has 0 saturated carbocycles. The summed E-state index contributed by atoms with van der Waals surface area (Å²) in [5.41, 5.74) is 2.96. The summed E-state index contributed by atoms with van der Waals surface area (Å²) in [5, 5.41) is 1.03. The molecule has 3 aromatic rings. The van der Waals surface area contributed by atoms with Crippen molar-refractivity contribution in [1.82, 2.24) is 9.88 Å². The standard InChI is InChI=1S/C22H25N3O3S/c1-4-15-5-6-19-20(11-15)29-22(23-19)25-9-7-24(8-10-25)21(26)16-12-17(27-2)14-18(13-16)28-3/h5-6,11-14H,4,7-10H2,1-3H3. The van der Waals surface area contributed by atoms with Gasteiger partial charge in [0.25, 0.3) is 5.91 Å². The van der Waals surface area contributed by atoms with Crippen molar-refractivity contribution in [2.75, 3.05) is 45.3 Å². The van der Waals surface area contributed by atoms with Crippen LogP contribution in [0.3, 0.4) is 0 Å². The molecule has 1 aromatic heterocycles. The summed E-state index contributed by atoms with van der Waals surface area (Å²) in [6, 6.07) is 11.8. The number of fused-ring (bicyclic) bond motifs is 1. The predicted octanol–water partition coefficient (Wildman–Crippen LogP) is 3.84. The number of amides is 1. The molecule has 0 N–H and O–H groups in total. The van der Waals surface area contributed by atoms with Crippen LogP contribution in [0.25, 0.3) is 10.2 Å². The lowest BCUT2D eigenvalue weighted by Gasteiger charge is -2.34. The van der Waals surface area contributed by atoms with Crippen molar-refractivity contribution in [3.8, 4) is 11.5 Å². The molecule has 0 radical (unpaired) electrons. The number of methoxy groups -OCH3 is 2. The Labute approximate surface area is 174 Å². The van der Waals surface area contributed by atoms with Crippen LogP contribution in [-0.4, -0.2) is 56.2 Å². The number of ether oxygens (including phenoxy) is 2. The van der Waals surface area contributed by atoms with Gasteiger partial charge in [0, 0.05) is 37.8 Å². The van der Waals surface area contributed by atoms with Crippen LogP contribution < -0.4 is 14.4 Å². The summed E-state index contributed by atoms with van der Waals surface area (Å²) in [5.74, 6) is 1.23. The maximum atomic E-state index is 13.0. The van der Waals surface area contributed by atoms with Gasteiger partial charge in [-0.25, -0.2) is 4.98 Å². The van der Waals surface area contributed by atoms with Crippen molar-refractivity contribution in [3.63, 3.8) is 0 Å². The zero-order chi connectivity index (χ0) is 20.4. The second kappa shape index (κ2) is 8.29. The fourth-order valence-corrected chi connectivity index (χ4v) is 4.61. The number of carbonyl (C=O) groups is 1. The number of carbonyl (C=O) groups excluding carboxylic acids is 1. The maximum Gasteiger partial charge on any atom is 0.254 e. The molecule has 1 saturated heterocycles. The highest BCUT2D eigenvalue weighted by molar-refractivity contribution is 7.22. The van der Waals surface area contributed by atoms with Gasteiger partial charge in [-0.05, 0) is 36.2 Å². The Morgan fingerprint density at radius 3 is 2.34 bits per heavy atom. The number of aryl methyl sites for hydroxylation is 1. The van der Waals surface area contributed by atoms with Gasteiger partial charge in [-0.3, -0.25) is 4.79 Å². The van der Waals surface area contributed by atoms with E-state index in [1.54, 1.807) is 43.8 Å². The molecule has 0 aliphatic carbocycles. The van der Waals surface area contributed by atoms with E-state index in [2.05, 4.69) is 30.0 Å². The number of anilines is 1. The Hall–Kier alpha value is -2.80. The van der Waals surface area contributed by atoms with Gasteiger partial charge in [-0.15, -0.1) is 0 Å². The molecule has 1 aliphatic rings. The average molecular weight is 412 g/mol. The van der Waals surface area contributed by atoms with E-state index in [0.29, 0.717) is 30.2 Å². The van der Waals surface area contributed by atoms with E-state index >= 15 is 0 Å². The second-order valence-electron chi connectivity index (χ2n) is 7.03. The van der Waals surface area contributed by atoms with E-state index in [0.717, 1.165) is 30.2 Å². The quantitative estimate of drug-likeness (QED) is 0.639. The first kappa shape index (κ1) is 19.5. The third-order valence-electron chi connectivity index (χ3n) is 5.29. The highest BCUT2D eigenvalue weighted by Gasteiger charge is 2.24. The molecule has 6 nitrogen and oxygen atoms in total. The summed E-state index contributed by atoms with van der Waals surface area (Å²) in [6.07, 6.45) is 1.03. The van der Waals surface area contributed by atoms with Crippen molar-refractivity contribution in [3.05, 3.63) is 47.5 Å². The zero-order valence-corrected chi connectivity index (χ0v) is 17.8. The van der Waals surface area contributed by atoms with Crippen LogP contribution in [0.2, 0.25) is 0 Å². The van der Waals surface area contributed by atoms with E-state index in [1.807, 2.05) is 4.90 Å². The minimum atomic E-state index is -0.00117. The summed E-state index contributed by atoms with van der Waals surface area (Å²) in [4.78, 5) is 21.9. The molecule has 2 aromatic carbocycles. The molecule has 1 aliphatic heterocycles. The molecule has 0 unspecified atom stereocenters. The van der Waals surface area contributed by atoms with Crippen LogP contribution in [0.4, 0.5) is 5.13 Å². The van der Waals surface area contributed by atoms with Gasteiger partial charge in [0.15, 0.2) is 5.13 Å². The van der Waals surface area contributed by atoms with Crippen LogP contribution in [0.15, 0.2) is 36.4 Å². The predicted molar refractivity (Wildman–Crippen MR) is 117 cm³/mol. The molecule has 29 heavy (non-hydrogen) atoms. The molecule has 0 atom stereocenters. The van der Waals surface area contributed by atoms with Gasteiger partial charge in [0.2, 0.25) is 0 Å². The average Bonchev–Trinajstić information content (AvgIpc) is 3.21. The number of hydrogen-bond donors (Lipinski definition) is 0. The van der Waals surface area contributed by atoms with Crippen molar-refractivity contribution < 1.29 is 14.3 Å². The second-order valence-corrected chi connectivity index (χ2v) is 8.04. The van der Waals surface area contributed by atoms with E-state index in [1.165, 1.54) is 10.3 Å². The molecule has 1 fully saturated rings. The molecule has 152 valence electrons. The van der Waals surface area contributed by atoms with E-state index in [-0.39, 0.29) is 5.91 Å². The van der Waals surface area contributed by atoms with Crippen LogP contribution in [0.1, 0.15) is 22.8 Å². The van der Waals surface area contributed by atoms with Gasteiger partial charge < -0.3 is 19.3 Å². The third kappa shape index (κ3) is 4.00. The number of benzene rings is 2. The Morgan fingerprint density at radius 2 is 1.72 bits per heavy atom. The molecule has 1 amide bonds. The Bertz CT molecular complexity index is 1000. The van der Waals surface area contributed by atoms with Gasteiger partial charge >= 0.3 is 0 Å². The van der Waals surface area contributed by atoms with Gasteiger partial charge in [0.1, 0.15) is 11.5 Å². The highest BCUT2D eigenvalue weighted by atomic mass is 32.1. The van der Waals surface area contributed by atoms with Gasteiger partial charge in [-0.2, -0.15) is 0 Å². The normalized spacial score (nSPS) is 14.3. The molecular weight excluding hydrogens is 386 g/mol. The molecule has 2 heterocycles. The first-order valence-corrected chi connectivity index (χ1v) is 10.6. The summed E-state index contributed by atoms with van der Waals surface area (Å²) in [6.45, 7) is 5.03.